The molecule has 198 valence electrons. The van der Waals surface area contributed by atoms with E-state index in [1.165, 1.54) is 22.8 Å². The number of pyridine rings is 1. The van der Waals surface area contributed by atoms with Crippen molar-refractivity contribution in [1.82, 2.24) is 14.6 Å². The normalized spacial score (nSPS) is 16.1. The second-order valence-corrected chi connectivity index (χ2v) is 11.3. The molecule has 1 fully saturated rings. The Morgan fingerprint density at radius 3 is 2.50 bits per heavy atom. The van der Waals surface area contributed by atoms with E-state index in [1.54, 1.807) is 19.9 Å². The second-order valence-electron chi connectivity index (χ2n) is 9.31. The van der Waals surface area contributed by atoms with Crippen LogP contribution in [0.15, 0.2) is 47.6 Å². The lowest BCUT2D eigenvalue weighted by molar-refractivity contribution is -0.139. The molecular weight excluding hydrogens is 502 g/mol. The van der Waals surface area contributed by atoms with Crippen molar-refractivity contribution in [1.29, 1.82) is 0 Å². The number of sulfonamides is 1. The molecule has 1 aromatic carbocycles. The van der Waals surface area contributed by atoms with Gasteiger partial charge in [-0.1, -0.05) is 13.8 Å². The van der Waals surface area contributed by atoms with Gasteiger partial charge in [-0.15, -0.1) is 0 Å². The summed E-state index contributed by atoms with van der Waals surface area (Å²) in [6.07, 6.45) is -0.396. The molecule has 1 aliphatic heterocycles. The number of nitrogens with one attached hydrogen (secondary N) is 1. The molecule has 0 atom stereocenters. The third-order valence-electron chi connectivity index (χ3n) is 6.13. The van der Waals surface area contributed by atoms with Gasteiger partial charge in [0.25, 0.3) is 0 Å². The van der Waals surface area contributed by atoms with E-state index < -0.39 is 38.7 Å². The van der Waals surface area contributed by atoms with E-state index in [-0.39, 0.29) is 36.5 Å². The highest BCUT2D eigenvalue weighted by atomic mass is 32.2. The van der Waals surface area contributed by atoms with Crippen LogP contribution in [0.4, 0.5) is 17.6 Å². The summed E-state index contributed by atoms with van der Waals surface area (Å²) < 4.78 is 84.6. The molecule has 1 saturated heterocycles. The largest absolute Gasteiger partial charge is 0.493 e. The minimum atomic E-state index is -4.75. The molecule has 0 saturated carbocycles. The van der Waals surface area contributed by atoms with Gasteiger partial charge in [0.1, 0.15) is 22.0 Å². The molecule has 0 radical (unpaired) electrons. The Balaban J connectivity index is 1.47. The maximum Gasteiger partial charge on any atom is 0.420 e. The number of carbonyl (C=O) groups is 1. The van der Waals surface area contributed by atoms with Crippen LogP contribution in [0.3, 0.4) is 0 Å². The highest BCUT2D eigenvalue weighted by Crippen LogP contribution is 2.37. The fourth-order valence-corrected chi connectivity index (χ4v) is 5.36. The summed E-state index contributed by atoms with van der Waals surface area (Å²) >= 11 is 0. The number of halogens is 4. The van der Waals surface area contributed by atoms with Crippen molar-refractivity contribution in [2.24, 2.45) is 5.41 Å². The number of rotatable bonds is 9. The first-order valence-corrected chi connectivity index (χ1v) is 13.0. The van der Waals surface area contributed by atoms with Gasteiger partial charge in [-0.3, -0.25) is 9.78 Å². The second kappa shape index (κ2) is 11.1. The van der Waals surface area contributed by atoms with Gasteiger partial charge in [0.2, 0.25) is 15.9 Å². The lowest BCUT2D eigenvalue weighted by atomic mass is 9.86. The first kappa shape index (κ1) is 27.9. The number of ether oxygens (including phenoxy) is 1. The van der Waals surface area contributed by atoms with Crippen LogP contribution in [-0.2, 0) is 21.0 Å². The molecule has 0 unspecified atom stereocenters. The van der Waals surface area contributed by atoms with Crippen molar-refractivity contribution in [3.05, 3.63) is 54.1 Å². The molecular formula is C24H29F4N3O4S. The van der Waals surface area contributed by atoms with Gasteiger partial charge in [0.05, 0.1) is 6.61 Å². The zero-order chi connectivity index (χ0) is 26.6. The Kier molecular flexibility index (Phi) is 8.60. The minimum Gasteiger partial charge on any atom is -0.493 e. The van der Waals surface area contributed by atoms with E-state index in [1.807, 2.05) is 0 Å². The summed E-state index contributed by atoms with van der Waals surface area (Å²) in [5.74, 6) is -1.69. The van der Waals surface area contributed by atoms with Gasteiger partial charge < -0.3 is 10.1 Å². The Labute approximate surface area is 207 Å². The third-order valence-corrected chi connectivity index (χ3v) is 8.01. The molecule has 7 nitrogen and oxygen atoms in total. The molecule has 1 aromatic heterocycles. The van der Waals surface area contributed by atoms with E-state index in [4.69, 9.17) is 4.74 Å². The zero-order valence-corrected chi connectivity index (χ0v) is 20.8. The summed E-state index contributed by atoms with van der Waals surface area (Å²) in [5.41, 5.74) is -2.01. The van der Waals surface area contributed by atoms with Gasteiger partial charge in [-0.05, 0) is 56.0 Å². The van der Waals surface area contributed by atoms with Crippen molar-refractivity contribution >= 4 is 15.9 Å². The summed E-state index contributed by atoms with van der Waals surface area (Å²) in [7, 11) is -3.64. The number of hydrogen-bond donors (Lipinski definition) is 1. The Bertz CT molecular complexity index is 1150. The quantitative estimate of drug-likeness (QED) is 0.383. The van der Waals surface area contributed by atoms with Crippen molar-refractivity contribution in [2.75, 3.05) is 19.7 Å². The highest BCUT2D eigenvalue weighted by Gasteiger charge is 2.36. The number of nitrogens with zero attached hydrogens (tertiary/aromatic N) is 2. The van der Waals surface area contributed by atoms with Crippen LogP contribution in [0.1, 0.15) is 45.1 Å². The van der Waals surface area contributed by atoms with Gasteiger partial charge in [-0.2, -0.15) is 17.5 Å². The monoisotopic (exact) mass is 531 g/mol. The molecule has 3 rings (SSSR count). The first-order valence-electron chi connectivity index (χ1n) is 11.5. The van der Waals surface area contributed by atoms with Crippen LogP contribution in [-0.4, -0.2) is 49.4 Å². The number of benzene rings is 1. The fraction of sp³-hybridized carbons (Fsp3) is 0.500. The zero-order valence-electron chi connectivity index (χ0n) is 20.0. The standard InChI is InChI=1S/C24H29F4N3O4S/c1-23(2,10-4-14-35-21-7-6-17(25)15-20(21)24(26,27)28)22(32)30-18-8-12-31(13-9-18)36(33,34)19-5-3-11-29-16-19/h3,5-7,11,15-16,18H,4,8-10,12-14H2,1-2H3,(H,30,32). The van der Waals surface area contributed by atoms with Gasteiger partial charge in [0, 0.05) is 36.9 Å². The van der Waals surface area contributed by atoms with Crippen LogP contribution in [0.5, 0.6) is 5.75 Å². The van der Waals surface area contributed by atoms with Crippen molar-refractivity contribution in [3.8, 4) is 5.75 Å². The van der Waals surface area contributed by atoms with Gasteiger partial charge >= 0.3 is 6.18 Å². The highest BCUT2D eigenvalue weighted by molar-refractivity contribution is 7.89. The van der Waals surface area contributed by atoms with E-state index in [0.29, 0.717) is 31.7 Å². The van der Waals surface area contributed by atoms with Crippen LogP contribution >= 0.6 is 0 Å². The number of alkyl halides is 3. The average molecular weight is 532 g/mol. The Morgan fingerprint density at radius 2 is 1.89 bits per heavy atom. The van der Waals surface area contributed by atoms with Gasteiger partial charge in [0.15, 0.2) is 0 Å². The predicted octanol–water partition coefficient (Wildman–Crippen LogP) is 4.39. The fourth-order valence-electron chi connectivity index (χ4n) is 3.93. The lowest BCUT2D eigenvalue weighted by Crippen LogP contribution is -2.49. The molecule has 0 aliphatic carbocycles. The van der Waals surface area contributed by atoms with Crippen LogP contribution < -0.4 is 10.1 Å². The van der Waals surface area contributed by atoms with Crippen molar-refractivity contribution in [3.63, 3.8) is 0 Å². The summed E-state index contributed by atoms with van der Waals surface area (Å²) in [6, 6.07) is 5.08. The number of aromatic nitrogens is 1. The summed E-state index contributed by atoms with van der Waals surface area (Å²) in [4.78, 5) is 16.8. The first-order chi connectivity index (χ1) is 16.8. The van der Waals surface area contributed by atoms with Crippen molar-refractivity contribution < 1.29 is 35.5 Å². The van der Waals surface area contributed by atoms with Crippen LogP contribution in [0.25, 0.3) is 0 Å². The molecule has 1 amide bonds. The van der Waals surface area contributed by atoms with Crippen LogP contribution in [0, 0.1) is 11.2 Å². The lowest BCUT2D eigenvalue weighted by Gasteiger charge is -2.33. The Morgan fingerprint density at radius 1 is 1.19 bits per heavy atom. The van der Waals surface area contributed by atoms with E-state index in [0.717, 1.165) is 12.1 Å². The predicted molar refractivity (Wildman–Crippen MR) is 124 cm³/mol. The Hall–Kier alpha value is -2.73. The SMILES string of the molecule is CC(C)(CCCOc1ccc(F)cc1C(F)(F)F)C(=O)NC1CCN(S(=O)(=O)c2cccnc2)CC1. The maximum absolute atomic E-state index is 13.2. The molecule has 2 aromatic rings. The molecule has 36 heavy (non-hydrogen) atoms. The number of hydrogen-bond acceptors (Lipinski definition) is 5. The number of carbonyl (C=O) groups excluding carboxylic acids is 1. The smallest absolute Gasteiger partial charge is 0.420 e. The molecule has 2 heterocycles. The summed E-state index contributed by atoms with van der Waals surface area (Å²) in [6.45, 7) is 3.90. The van der Waals surface area contributed by atoms with Gasteiger partial charge in [-0.25, -0.2) is 12.8 Å². The van der Waals surface area contributed by atoms with Crippen molar-refractivity contribution in [2.45, 2.75) is 56.6 Å². The molecule has 0 spiro atoms. The van der Waals surface area contributed by atoms with E-state index >= 15 is 0 Å². The van der Waals surface area contributed by atoms with E-state index in [2.05, 4.69) is 10.3 Å². The molecule has 1 aliphatic rings. The maximum atomic E-state index is 13.2. The number of piperidine rings is 1. The molecule has 1 N–H and O–H groups in total. The topological polar surface area (TPSA) is 88.6 Å². The van der Waals surface area contributed by atoms with Crippen LogP contribution in [0.2, 0.25) is 0 Å². The molecule has 0 bridgehead atoms. The van der Waals surface area contributed by atoms with E-state index in [9.17, 15) is 30.8 Å². The molecule has 12 heteroatoms. The minimum absolute atomic E-state index is 0.0734. The third kappa shape index (κ3) is 6.94. The summed E-state index contributed by atoms with van der Waals surface area (Å²) in [5, 5.41) is 2.96. The average Bonchev–Trinajstić information content (AvgIpc) is 2.83. The number of amides is 1.